The molecule has 74 valence electrons. The lowest BCUT2D eigenvalue weighted by Crippen LogP contribution is -2.04. The van der Waals surface area contributed by atoms with Gasteiger partial charge in [0.1, 0.15) is 5.69 Å². The molecule has 3 heteroatoms. The number of ketones is 1. The normalized spacial score (nSPS) is 9.87. The van der Waals surface area contributed by atoms with Gasteiger partial charge in [-0.15, -0.1) is 0 Å². The van der Waals surface area contributed by atoms with Crippen LogP contribution >= 0.6 is 0 Å². The van der Waals surface area contributed by atoms with Crippen molar-refractivity contribution in [1.29, 1.82) is 0 Å². The first-order chi connectivity index (χ1) is 7.27. The molecule has 15 heavy (non-hydrogen) atoms. The molecule has 0 atom stereocenters. The quantitative estimate of drug-likeness (QED) is 0.750. The molecule has 1 heterocycles. The Balaban J connectivity index is 2.37. The van der Waals surface area contributed by atoms with Crippen molar-refractivity contribution in [2.24, 2.45) is 0 Å². The maximum atomic E-state index is 11.9. The van der Waals surface area contributed by atoms with Crippen LogP contribution in [0.5, 0.6) is 0 Å². The van der Waals surface area contributed by atoms with Crippen LogP contribution in [0, 0.1) is 0 Å². The summed E-state index contributed by atoms with van der Waals surface area (Å²) in [6, 6.07) is 12.3. The number of pyridine rings is 1. The average molecular weight is 198 g/mol. The number of nitrogen functional groups attached to an aromatic ring is 1. The van der Waals surface area contributed by atoms with Gasteiger partial charge in [0.05, 0.1) is 0 Å². The smallest absolute Gasteiger partial charge is 0.211 e. The predicted octanol–water partition coefficient (Wildman–Crippen LogP) is 1.89. The molecule has 0 fully saturated rings. The fraction of sp³-hybridized carbons (Fsp3) is 0. The van der Waals surface area contributed by atoms with Crippen molar-refractivity contribution >= 4 is 11.5 Å². The number of nitrogens with zero attached hydrogens (tertiary/aromatic N) is 1. The van der Waals surface area contributed by atoms with Gasteiger partial charge in [-0.05, 0) is 12.1 Å². The van der Waals surface area contributed by atoms with Gasteiger partial charge >= 0.3 is 0 Å². The fourth-order valence-corrected chi connectivity index (χ4v) is 1.31. The third kappa shape index (κ3) is 2.02. The monoisotopic (exact) mass is 198 g/mol. The molecular weight excluding hydrogens is 188 g/mol. The van der Waals surface area contributed by atoms with Gasteiger partial charge in [0.25, 0.3) is 0 Å². The molecule has 0 spiro atoms. The molecular formula is C12H10N2O. The number of carbonyl (C=O) groups is 1. The van der Waals surface area contributed by atoms with E-state index in [4.69, 9.17) is 5.73 Å². The second-order valence-corrected chi connectivity index (χ2v) is 3.17. The van der Waals surface area contributed by atoms with E-state index in [2.05, 4.69) is 4.98 Å². The van der Waals surface area contributed by atoms with Crippen LogP contribution in [0.4, 0.5) is 5.69 Å². The van der Waals surface area contributed by atoms with Crippen LogP contribution in [0.1, 0.15) is 16.1 Å². The highest BCUT2D eigenvalue weighted by molar-refractivity contribution is 6.07. The Bertz CT molecular complexity index is 480. The van der Waals surface area contributed by atoms with Gasteiger partial charge < -0.3 is 5.73 Å². The average Bonchev–Trinajstić information content (AvgIpc) is 2.29. The van der Waals surface area contributed by atoms with E-state index in [1.807, 2.05) is 18.2 Å². The molecule has 1 aromatic heterocycles. The van der Waals surface area contributed by atoms with E-state index in [0.717, 1.165) is 0 Å². The maximum Gasteiger partial charge on any atom is 0.211 e. The van der Waals surface area contributed by atoms with Crippen molar-refractivity contribution in [3.8, 4) is 0 Å². The van der Waals surface area contributed by atoms with Gasteiger partial charge in [-0.1, -0.05) is 30.3 Å². The number of anilines is 1. The minimum atomic E-state index is -0.108. The molecule has 0 aliphatic carbocycles. The molecule has 3 nitrogen and oxygen atoms in total. The Hall–Kier alpha value is -2.16. The summed E-state index contributed by atoms with van der Waals surface area (Å²) in [4.78, 5) is 15.9. The van der Waals surface area contributed by atoms with E-state index in [-0.39, 0.29) is 5.78 Å². The first-order valence-electron chi connectivity index (χ1n) is 4.58. The number of hydrogen-bond acceptors (Lipinski definition) is 3. The van der Waals surface area contributed by atoms with Gasteiger partial charge in [-0.3, -0.25) is 9.78 Å². The number of rotatable bonds is 2. The van der Waals surface area contributed by atoms with E-state index in [9.17, 15) is 4.79 Å². The van der Waals surface area contributed by atoms with Gasteiger partial charge in [0.15, 0.2) is 0 Å². The lowest BCUT2D eigenvalue weighted by molar-refractivity contribution is 0.103. The van der Waals surface area contributed by atoms with Crippen LogP contribution < -0.4 is 5.73 Å². The van der Waals surface area contributed by atoms with Crippen molar-refractivity contribution in [3.63, 3.8) is 0 Å². The van der Waals surface area contributed by atoms with Crippen LogP contribution in [0.15, 0.2) is 48.7 Å². The van der Waals surface area contributed by atoms with Crippen LogP contribution in [-0.2, 0) is 0 Å². The number of hydrogen-bond donors (Lipinski definition) is 1. The number of carbonyl (C=O) groups excluding carboxylic acids is 1. The molecule has 0 bridgehead atoms. The third-order valence-corrected chi connectivity index (χ3v) is 2.05. The van der Waals surface area contributed by atoms with Crippen LogP contribution in [0.25, 0.3) is 0 Å². The molecule has 0 aliphatic rings. The Labute approximate surface area is 87.6 Å². The molecule has 1 aromatic carbocycles. The van der Waals surface area contributed by atoms with Gasteiger partial charge in [-0.25, -0.2) is 0 Å². The van der Waals surface area contributed by atoms with Crippen LogP contribution in [-0.4, -0.2) is 10.8 Å². The minimum absolute atomic E-state index is 0.108. The second-order valence-electron chi connectivity index (χ2n) is 3.17. The highest BCUT2D eigenvalue weighted by Crippen LogP contribution is 2.09. The molecule has 0 aliphatic heterocycles. The van der Waals surface area contributed by atoms with E-state index < -0.39 is 0 Å². The standard InChI is InChI=1S/C12H10N2O/c13-10-6-7-14-11(8-10)12(15)9-4-2-1-3-5-9/h1-8H,(H2,13,14). The summed E-state index contributed by atoms with van der Waals surface area (Å²) in [5.41, 5.74) is 7.12. The zero-order chi connectivity index (χ0) is 10.7. The van der Waals surface area contributed by atoms with Crippen LogP contribution in [0.2, 0.25) is 0 Å². The lowest BCUT2D eigenvalue weighted by atomic mass is 10.1. The Morgan fingerprint density at radius 1 is 1.13 bits per heavy atom. The summed E-state index contributed by atoms with van der Waals surface area (Å²) < 4.78 is 0. The van der Waals surface area contributed by atoms with Gasteiger partial charge in [-0.2, -0.15) is 0 Å². The summed E-state index contributed by atoms with van der Waals surface area (Å²) in [6.45, 7) is 0. The zero-order valence-corrected chi connectivity index (χ0v) is 8.05. The predicted molar refractivity (Wildman–Crippen MR) is 58.5 cm³/mol. The van der Waals surface area contributed by atoms with Crippen molar-refractivity contribution in [3.05, 3.63) is 59.9 Å². The molecule has 0 saturated heterocycles. The Kier molecular flexibility index (Phi) is 2.46. The number of benzene rings is 1. The first-order valence-corrected chi connectivity index (χ1v) is 4.58. The van der Waals surface area contributed by atoms with E-state index in [1.165, 1.54) is 6.20 Å². The molecule has 2 N–H and O–H groups in total. The number of aromatic nitrogens is 1. The van der Waals surface area contributed by atoms with Crippen molar-refractivity contribution < 1.29 is 4.79 Å². The fourth-order valence-electron chi connectivity index (χ4n) is 1.31. The topological polar surface area (TPSA) is 56.0 Å². The summed E-state index contributed by atoms with van der Waals surface area (Å²) in [5, 5.41) is 0. The SMILES string of the molecule is Nc1ccnc(C(=O)c2ccccc2)c1. The molecule has 0 amide bonds. The molecule has 2 aromatic rings. The van der Waals surface area contributed by atoms with Crippen LogP contribution in [0.3, 0.4) is 0 Å². The van der Waals surface area contributed by atoms with Crippen molar-refractivity contribution in [1.82, 2.24) is 4.98 Å². The molecule has 0 unspecified atom stereocenters. The summed E-state index contributed by atoms with van der Waals surface area (Å²) in [5.74, 6) is -0.108. The summed E-state index contributed by atoms with van der Waals surface area (Å²) in [7, 11) is 0. The van der Waals surface area contributed by atoms with E-state index in [1.54, 1.807) is 24.3 Å². The van der Waals surface area contributed by atoms with Gasteiger partial charge in [0, 0.05) is 17.4 Å². The lowest BCUT2D eigenvalue weighted by Gasteiger charge is -2.00. The van der Waals surface area contributed by atoms with Gasteiger partial charge in [0.2, 0.25) is 5.78 Å². The third-order valence-electron chi connectivity index (χ3n) is 2.05. The second kappa shape index (κ2) is 3.92. The molecule has 0 saturated carbocycles. The Morgan fingerprint density at radius 3 is 2.53 bits per heavy atom. The molecule has 0 radical (unpaired) electrons. The van der Waals surface area contributed by atoms with Crippen molar-refractivity contribution in [2.75, 3.05) is 5.73 Å². The van der Waals surface area contributed by atoms with E-state index >= 15 is 0 Å². The highest BCUT2D eigenvalue weighted by Gasteiger charge is 2.09. The minimum Gasteiger partial charge on any atom is -0.399 e. The van der Waals surface area contributed by atoms with Crippen molar-refractivity contribution in [2.45, 2.75) is 0 Å². The maximum absolute atomic E-state index is 11.9. The highest BCUT2D eigenvalue weighted by atomic mass is 16.1. The van der Waals surface area contributed by atoms with E-state index in [0.29, 0.717) is 16.9 Å². The zero-order valence-electron chi connectivity index (χ0n) is 8.05. The summed E-state index contributed by atoms with van der Waals surface area (Å²) >= 11 is 0. The Morgan fingerprint density at radius 2 is 1.87 bits per heavy atom. The largest absolute Gasteiger partial charge is 0.399 e. The first kappa shape index (κ1) is 9.40. The number of nitrogens with two attached hydrogens (primary N) is 1. The summed E-state index contributed by atoms with van der Waals surface area (Å²) in [6.07, 6.45) is 1.53. The molecule has 2 rings (SSSR count).